The molecular weight excluding hydrogens is 236 g/mol. The van der Waals surface area contributed by atoms with Crippen LogP contribution in [0.2, 0.25) is 0 Å². The van der Waals surface area contributed by atoms with Crippen molar-refractivity contribution in [3.63, 3.8) is 0 Å². The second kappa shape index (κ2) is 7.61. The molecule has 2 rings (SSSR count). The molecule has 0 bridgehead atoms. The van der Waals surface area contributed by atoms with E-state index in [0.717, 1.165) is 31.7 Å². The molecule has 3 heteroatoms. The molecule has 0 aromatic rings. The molecule has 19 heavy (non-hydrogen) atoms. The number of nitrogens with zero attached hydrogens (tertiary/aromatic N) is 1. The van der Waals surface area contributed by atoms with Crippen LogP contribution in [0.15, 0.2) is 0 Å². The summed E-state index contributed by atoms with van der Waals surface area (Å²) in [6.45, 7) is 8.52. The van der Waals surface area contributed by atoms with Crippen molar-refractivity contribution in [1.29, 1.82) is 0 Å². The van der Waals surface area contributed by atoms with Crippen LogP contribution in [0.1, 0.15) is 52.4 Å². The highest BCUT2D eigenvalue weighted by atomic mass is 16.5. The lowest BCUT2D eigenvalue weighted by molar-refractivity contribution is 0.0813. The summed E-state index contributed by atoms with van der Waals surface area (Å²) < 4.78 is 5.60. The van der Waals surface area contributed by atoms with E-state index in [9.17, 15) is 0 Å². The van der Waals surface area contributed by atoms with Gasteiger partial charge in [0.15, 0.2) is 0 Å². The smallest absolute Gasteiger partial charge is 0.0510 e. The van der Waals surface area contributed by atoms with Crippen LogP contribution in [0.25, 0.3) is 0 Å². The second-order valence-corrected chi connectivity index (χ2v) is 6.79. The first-order chi connectivity index (χ1) is 9.22. The van der Waals surface area contributed by atoms with Gasteiger partial charge in [-0.3, -0.25) is 4.90 Å². The first kappa shape index (κ1) is 15.3. The predicted octanol–water partition coefficient (Wildman–Crippen LogP) is 2.64. The summed E-state index contributed by atoms with van der Waals surface area (Å²) in [4.78, 5) is 2.76. The maximum absolute atomic E-state index is 6.13. The fourth-order valence-corrected chi connectivity index (χ4v) is 3.72. The van der Waals surface area contributed by atoms with Gasteiger partial charge in [0.25, 0.3) is 0 Å². The Hall–Kier alpha value is -0.120. The van der Waals surface area contributed by atoms with Gasteiger partial charge in [-0.1, -0.05) is 26.7 Å². The summed E-state index contributed by atoms with van der Waals surface area (Å²) in [5.41, 5.74) is 6.13. The number of ether oxygens (including phenoxy) is 1. The average molecular weight is 268 g/mol. The van der Waals surface area contributed by atoms with Crippen LogP contribution in [0.3, 0.4) is 0 Å². The monoisotopic (exact) mass is 268 g/mol. The molecule has 0 spiro atoms. The molecule has 0 radical (unpaired) electrons. The standard InChI is InChI=1S/C16H32N2O/c1-13(2)7-9-18(15-5-3-4-6-15)16(11-17)14-8-10-19-12-14/h13-16H,3-12,17H2,1-2H3. The number of hydrogen-bond acceptors (Lipinski definition) is 3. The van der Waals surface area contributed by atoms with E-state index in [4.69, 9.17) is 10.5 Å². The minimum atomic E-state index is 0.546. The third-order valence-corrected chi connectivity index (χ3v) is 4.93. The van der Waals surface area contributed by atoms with Gasteiger partial charge in [0, 0.05) is 31.2 Å². The van der Waals surface area contributed by atoms with Crippen molar-refractivity contribution < 1.29 is 4.74 Å². The van der Waals surface area contributed by atoms with E-state index in [2.05, 4.69) is 18.7 Å². The van der Waals surface area contributed by atoms with Crippen molar-refractivity contribution in [2.45, 2.75) is 64.5 Å². The number of nitrogens with two attached hydrogens (primary N) is 1. The Labute approximate surface area is 118 Å². The molecule has 0 aromatic carbocycles. The predicted molar refractivity (Wildman–Crippen MR) is 80.2 cm³/mol. The van der Waals surface area contributed by atoms with Crippen LogP contribution in [-0.2, 0) is 4.74 Å². The maximum Gasteiger partial charge on any atom is 0.0510 e. The molecule has 1 aliphatic heterocycles. The molecule has 112 valence electrons. The van der Waals surface area contributed by atoms with Crippen LogP contribution in [0.4, 0.5) is 0 Å². The first-order valence-corrected chi connectivity index (χ1v) is 8.26. The zero-order chi connectivity index (χ0) is 13.7. The van der Waals surface area contributed by atoms with Crippen LogP contribution < -0.4 is 5.73 Å². The molecule has 2 fully saturated rings. The molecule has 1 saturated heterocycles. The van der Waals surface area contributed by atoms with Gasteiger partial charge < -0.3 is 10.5 Å². The van der Waals surface area contributed by atoms with Crippen molar-refractivity contribution in [2.75, 3.05) is 26.3 Å². The van der Waals surface area contributed by atoms with E-state index in [1.165, 1.54) is 45.1 Å². The van der Waals surface area contributed by atoms with Crippen LogP contribution in [0, 0.1) is 11.8 Å². The van der Waals surface area contributed by atoms with Crippen molar-refractivity contribution in [1.82, 2.24) is 4.90 Å². The lowest BCUT2D eigenvalue weighted by Gasteiger charge is -2.39. The van der Waals surface area contributed by atoms with Crippen LogP contribution in [0.5, 0.6) is 0 Å². The topological polar surface area (TPSA) is 38.5 Å². The molecule has 2 aliphatic rings. The Kier molecular flexibility index (Phi) is 6.11. The van der Waals surface area contributed by atoms with Gasteiger partial charge in [-0.2, -0.15) is 0 Å². The van der Waals surface area contributed by atoms with Gasteiger partial charge in [0.05, 0.1) is 6.61 Å². The second-order valence-electron chi connectivity index (χ2n) is 6.79. The molecule has 1 heterocycles. The molecule has 0 aromatic heterocycles. The minimum Gasteiger partial charge on any atom is -0.381 e. The highest BCUT2D eigenvalue weighted by molar-refractivity contribution is 4.88. The summed E-state index contributed by atoms with van der Waals surface area (Å²) in [6.07, 6.45) is 8.06. The van der Waals surface area contributed by atoms with Crippen molar-refractivity contribution >= 4 is 0 Å². The average Bonchev–Trinajstić information content (AvgIpc) is 3.06. The third-order valence-electron chi connectivity index (χ3n) is 4.93. The lowest BCUT2D eigenvalue weighted by atomic mass is 9.94. The third kappa shape index (κ3) is 4.17. The molecule has 3 nitrogen and oxygen atoms in total. The van der Waals surface area contributed by atoms with Crippen molar-refractivity contribution in [3.05, 3.63) is 0 Å². The Morgan fingerprint density at radius 2 is 1.95 bits per heavy atom. The Morgan fingerprint density at radius 1 is 1.21 bits per heavy atom. The van der Waals surface area contributed by atoms with Gasteiger partial charge >= 0.3 is 0 Å². The SMILES string of the molecule is CC(C)CCN(C1CCCC1)C(CN)C1CCOC1. The fraction of sp³-hybridized carbons (Fsp3) is 1.00. The number of rotatable bonds is 7. The summed E-state index contributed by atoms with van der Waals surface area (Å²) in [6, 6.07) is 1.33. The van der Waals surface area contributed by atoms with Crippen LogP contribution >= 0.6 is 0 Å². The largest absolute Gasteiger partial charge is 0.381 e. The van der Waals surface area contributed by atoms with E-state index >= 15 is 0 Å². The summed E-state index contributed by atoms with van der Waals surface area (Å²) >= 11 is 0. The van der Waals surface area contributed by atoms with Crippen molar-refractivity contribution in [2.24, 2.45) is 17.6 Å². The van der Waals surface area contributed by atoms with Crippen molar-refractivity contribution in [3.8, 4) is 0 Å². The first-order valence-electron chi connectivity index (χ1n) is 8.26. The maximum atomic E-state index is 6.13. The van der Waals surface area contributed by atoms with E-state index in [1.54, 1.807) is 0 Å². The summed E-state index contributed by atoms with van der Waals surface area (Å²) in [5.74, 6) is 1.44. The minimum absolute atomic E-state index is 0.546. The van der Waals surface area contributed by atoms with Gasteiger partial charge in [-0.15, -0.1) is 0 Å². The molecular formula is C16H32N2O. The Bertz CT molecular complexity index is 245. The van der Waals surface area contributed by atoms with Gasteiger partial charge in [0.2, 0.25) is 0 Å². The highest BCUT2D eigenvalue weighted by Gasteiger charge is 2.34. The molecule has 1 aliphatic carbocycles. The quantitative estimate of drug-likeness (QED) is 0.771. The van der Waals surface area contributed by atoms with Gasteiger partial charge in [-0.25, -0.2) is 0 Å². The molecule has 2 atom stereocenters. The Balaban J connectivity index is 1.99. The van der Waals surface area contributed by atoms with E-state index in [0.29, 0.717) is 12.0 Å². The highest BCUT2D eigenvalue weighted by Crippen LogP contribution is 2.30. The number of hydrogen-bond donors (Lipinski definition) is 1. The zero-order valence-electron chi connectivity index (χ0n) is 12.8. The normalized spacial score (nSPS) is 26.7. The van der Waals surface area contributed by atoms with E-state index < -0.39 is 0 Å². The molecule has 2 N–H and O–H groups in total. The molecule has 0 amide bonds. The van der Waals surface area contributed by atoms with E-state index in [-0.39, 0.29) is 0 Å². The molecule has 2 unspecified atom stereocenters. The fourth-order valence-electron chi connectivity index (χ4n) is 3.72. The van der Waals surface area contributed by atoms with Gasteiger partial charge in [0.1, 0.15) is 0 Å². The Morgan fingerprint density at radius 3 is 2.47 bits per heavy atom. The van der Waals surface area contributed by atoms with Crippen LogP contribution in [-0.4, -0.2) is 43.3 Å². The summed E-state index contributed by atoms with van der Waals surface area (Å²) in [5, 5.41) is 0. The lowest BCUT2D eigenvalue weighted by Crippen LogP contribution is -2.50. The van der Waals surface area contributed by atoms with Gasteiger partial charge in [-0.05, 0) is 38.1 Å². The summed E-state index contributed by atoms with van der Waals surface area (Å²) in [7, 11) is 0. The van der Waals surface area contributed by atoms with E-state index in [1.807, 2.05) is 0 Å². The zero-order valence-corrected chi connectivity index (χ0v) is 12.8. The molecule has 1 saturated carbocycles.